The van der Waals surface area contributed by atoms with Crippen LogP contribution in [0.4, 0.5) is 5.69 Å². The molecule has 0 radical (unpaired) electrons. The third-order valence-electron chi connectivity index (χ3n) is 1.80. The molecule has 0 fully saturated rings. The molecular formula is C10H14N4. The van der Waals surface area contributed by atoms with Crippen LogP contribution in [0.15, 0.2) is 36.8 Å². The van der Waals surface area contributed by atoms with Gasteiger partial charge < -0.3 is 10.2 Å². The smallest absolute Gasteiger partial charge is 0.126 e. The summed E-state index contributed by atoms with van der Waals surface area (Å²) in [7, 11) is 3.63. The van der Waals surface area contributed by atoms with Gasteiger partial charge in [-0.25, -0.2) is 0 Å². The highest BCUT2D eigenvalue weighted by Crippen LogP contribution is 2.09. The molecule has 2 N–H and O–H groups in total. The van der Waals surface area contributed by atoms with Gasteiger partial charge in [0.15, 0.2) is 0 Å². The standard InChI is InChI=1S/C10H14N4/c1-12-7-5-10(11)14(2)9-4-3-6-13-8-9/h3-8,11-12H,1-2H3/b7-5-,11-10?. The SMILES string of the molecule is CN/C=C\C(=N)N(C)c1cccnc1. The number of nitrogens with zero attached hydrogens (tertiary/aromatic N) is 2. The average molecular weight is 190 g/mol. The first-order valence-corrected chi connectivity index (χ1v) is 4.32. The fourth-order valence-electron chi connectivity index (χ4n) is 0.965. The lowest BCUT2D eigenvalue weighted by Crippen LogP contribution is -2.23. The molecule has 0 unspecified atom stereocenters. The zero-order valence-electron chi connectivity index (χ0n) is 8.36. The lowest BCUT2D eigenvalue weighted by atomic mass is 10.3. The molecule has 1 heterocycles. The van der Waals surface area contributed by atoms with E-state index in [-0.39, 0.29) is 0 Å². The summed E-state index contributed by atoms with van der Waals surface area (Å²) in [6, 6.07) is 3.76. The normalized spacial score (nSPS) is 10.1. The van der Waals surface area contributed by atoms with E-state index in [0.29, 0.717) is 5.84 Å². The van der Waals surface area contributed by atoms with Gasteiger partial charge in [0.1, 0.15) is 5.84 Å². The number of likely N-dealkylation sites (N-methyl/N-ethyl adjacent to an activating group) is 1. The first kappa shape index (κ1) is 10.2. The summed E-state index contributed by atoms with van der Waals surface area (Å²) in [4.78, 5) is 5.74. The molecule has 0 aromatic carbocycles. The number of anilines is 1. The minimum atomic E-state index is 0.410. The van der Waals surface area contributed by atoms with E-state index >= 15 is 0 Å². The van der Waals surface area contributed by atoms with Crippen LogP contribution in [0, 0.1) is 5.41 Å². The minimum Gasteiger partial charge on any atom is -0.394 e. The van der Waals surface area contributed by atoms with E-state index in [1.807, 2.05) is 19.2 Å². The van der Waals surface area contributed by atoms with Gasteiger partial charge in [-0.05, 0) is 24.4 Å². The molecule has 1 aromatic rings. The maximum Gasteiger partial charge on any atom is 0.126 e. The number of rotatable bonds is 3. The van der Waals surface area contributed by atoms with Crippen molar-refractivity contribution in [1.82, 2.24) is 10.3 Å². The number of hydrogen-bond donors (Lipinski definition) is 2. The molecule has 0 aliphatic carbocycles. The Kier molecular flexibility index (Phi) is 3.67. The average Bonchev–Trinajstić information content (AvgIpc) is 2.26. The monoisotopic (exact) mass is 190 g/mol. The van der Waals surface area contributed by atoms with Crippen molar-refractivity contribution in [2.24, 2.45) is 0 Å². The van der Waals surface area contributed by atoms with Gasteiger partial charge in [0.2, 0.25) is 0 Å². The quantitative estimate of drug-likeness (QED) is 0.556. The van der Waals surface area contributed by atoms with Gasteiger partial charge in [-0.2, -0.15) is 0 Å². The Morgan fingerprint density at radius 3 is 3.00 bits per heavy atom. The van der Waals surface area contributed by atoms with E-state index in [1.54, 1.807) is 36.6 Å². The van der Waals surface area contributed by atoms with Gasteiger partial charge >= 0.3 is 0 Å². The molecular weight excluding hydrogens is 176 g/mol. The van der Waals surface area contributed by atoms with Gasteiger partial charge in [0, 0.05) is 20.3 Å². The van der Waals surface area contributed by atoms with Crippen molar-refractivity contribution in [3.05, 3.63) is 36.8 Å². The molecule has 14 heavy (non-hydrogen) atoms. The molecule has 0 atom stereocenters. The van der Waals surface area contributed by atoms with Crippen LogP contribution in [0.1, 0.15) is 0 Å². The molecule has 0 bridgehead atoms. The van der Waals surface area contributed by atoms with Crippen LogP contribution in [0.3, 0.4) is 0 Å². The first-order valence-electron chi connectivity index (χ1n) is 4.32. The second-order valence-corrected chi connectivity index (χ2v) is 2.78. The summed E-state index contributed by atoms with van der Waals surface area (Å²) in [5, 5.41) is 10.5. The fourth-order valence-corrected chi connectivity index (χ4v) is 0.965. The largest absolute Gasteiger partial charge is 0.394 e. The second-order valence-electron chi connectivity index (χ2n) is 2.78. The highest BCUT2D eigenvalue weighted by molar-refractivity contribution is 6.02. The van der Waals surface area contributed by atoms with Crippen molar-refractivity contribution in [2.75, 3.05) is 19.0 Å². The maximum absolute atomic E-state index is 7.71. The molecule has 0 spiro atoms. The highest BCUT2D eigenvalue weighted by atomic mass is 15.1. The van der Waals surface area contributed by atoms with Crippen LogP contribution >= 0.6 is 0 Å². The van der Waals surface area contributed by atoms with Crippen molar-refractivity contribution in [2.45, 2.75) is 0 Å². The van der Waals surface area contributed by atoms with E-state index in [9.17, 15) is 0 Å². The summed E-state index contributed by atoms with van der Waals surface area (Å²) < 4.78 is 0. The summed E-state index contributed by atoms with van der Waals surface area (Å²) in [6.07, 6.45) is 6.84. The number of amidine groups is 1. The van der Waals surface area contributed by atoms with Gasteiger partial charge in [0.05, 0.1) is 11.9 Å². The Hall–Kier alpha value is -1.84. The topological polar surface area (TPSA) is 52.0 Å². The predicted octanol–water partition coefficient (Wildman–Crippen LogP) is 1.23. The summed E-state index contributed by atoms with van der Waals surface area (Å²) in [5.74, 6) is 0.410. The molecule has 4 heteroatoms. The predicted molar refractivity (Wildman–Crippen MR) is 58.6 cm³/mol. The maximum atomic E-state index is 7.71. The Labute approximate surface area is 83.8 Å². The van der Waals surface area contributed by atoms with Gasteiger partial charge in [-0.15, -0.1) is 0 Å². The van der Waals surface area contributed by atoms with E-state index in [1.165, 1.54) is 0 Å². The highest BCUT2D eigenvalue weighted by Gasteiger charge is 2.02. The molecule has 74 valence electrons. The minimum absolute atomic E-state index is 0.410. The molecule has 1 aromatic heterocycles. The summed E-state index contributed by atoms with van der Waals surface area (Å²) in [6.45, 7) is 0. The molecule has 0 aliphatic rings. The lowest BCUT2D eigenvalue weighted by molar-refractivity contribution is 1.10. The molecule has 0 amide bonds. The number of pyridine rings is 1. The zero-order chi connectivity index (χ0) is 10.4. The van der Waals surface area contributed by atoms with Crippen molar-refractivity contribution in [1.29, 1.82) is 5.41 Å². The fraction of sp³-hybridized carbons (Fsp3) is 0.200. The van der Waals surface area contributed by atoms with Crippen molar-refractivity contribution in [3.8, 4) is 0 Å². The summed E-state index contributed by atoms with van der Waals surface area (Å²) in [5.41, 5.74) is 0.901. The number of aromatic nitrogens is 1. The van der Waals surface area contributed by atoms with E-state index in [4.69, 9.17) is 5.41 Å². The van der Waals surface area contributed by atoms with Crippen LogP contribution in [-0.2, 0) is 0 Å². The second kappa shape index (κ2) is 5.01. The van der Waals surface area contributed by atoms with Crippen LogP contribution < -0.4 is 10.2 Å². The number of nitrogens with one attached hydrogen (secondary N) is 2. The van der Waals surface area contributed by atoms with Gasteiger partial charge in [-0.3, -0.25) is 10.4 Å². The van der Waals surface area contributed by atoms with E-state index < -0.39 is 0 Å². The molecule has 0 aliphatic heterocycles. The van der Waals surface area contributed by atoms with E-state index in [0.717, 1.165) is 5.69 Å². The van der Waals surface area contributed by atoms with Crippen molar-refractivity contribution >= 4 is 11.5 Å². The van der Waals surface area contributed by atoms with Crippen molar-refractivity contribution < 1.29 is 0 Å². The molecule has 0 saturated carbocycles. The Balaban J connectivity index is 2.71. The summed E-state index contributed by atoms with van der Waals surface area (Å²) >= 11 is 0. The Morgan fingerprint density at radius 1 is 1.64 bits per heavy atom. The lowest BCUT2D eigenvalue weighted by Gasteiger charge is -2.16. The van der Waals surface area contributed by atoms with Crippen LogP contribution in [0.25, 0.3) is 0 Å². The molecule has 1 rings (SSSR count). The Bertz CT molecular complexity index is 318. The Morgan fingerprint density at radius 2 is 2.43 bits per heavy atom. The van der Waals surface area contributed by atoms with Crippen molar-refractivity contribution in [3.63, 3.8) is 0 Å². The van der Waals surface area contributed by atoms with Crippen LogP contribution in [0.5, 0.6) is 0 Å². The molecule has 4 nitrogen and oxygen atoms in total. The van der Waals surface area contributed by atoms with Crippen LogP contribution in [0.2, 0.25) is 0 Å². The third kappa shape index (κ3) is 2.58. The first-order chi connectivity index (χ1) is 6.75. The van der Waals surface area contributed by atoms with Crippen LogP contribution in [-0.4, -0.2) is 24.9 Å². The number of hydrogen-bond acceptors (Lipinski definition) is 3. The zero-order valence-corrected chi connectivity index (χ0v) is 8.36. The van der Waals surface area contributed by atoms with Gasteiger partial charge in [0.25, 0.3) is 0 Å². The van der Waals surface area contributed by atoms with E-state index in [2.05, 4.69) is 10.3 Å². The van der Waals surface area contributed by atoms with Gasteiger partial charge in [-0.1, -0.05) is 0 Å². The molecule has 0 saturated heterocycles. The third-order valence-corrected chi connectivity index (χ3v) is 1.80.